The number of hydrogen-bond donors (Lipinski definition) is 1. The molecule has 12 heteroatoms. The lowest BCUT2D eigenvalue weighted by Gasteiger charge is -2.31. The highest BCUT2D eigenvalue weighted by molar-refractivity contribution is 6.22. The molecule has 252 valence electrons. The number of carbonyl (C=O) groups excluding carboxylic acids is 2. The molecule has 2 fully saturated rings. The highest BCUT2D eigenvalue weighted by Gasteiger charge is 2.57. The van der Waals surface area contributed by atoms with Crippen LogP contribution in [0.2, 0.25) is 0 Å². The lowest BCUT2D eigenvalue weighted by molar-refractivity contribution is -0.143. The van der Waals surface area contributed by atoms with Gasteiger partial charge < -0.3 is 14.6 Å². The second-order valence-electron chi connectivity index (χ2n) is 12.2. The highest BCUT2D eigenvalue weighted by atomic mass is 19.4. The van der Waals surface area contributed by atoms with Crippen LogP contribution in [-0.2, 0) is 31.4 Å². The van der Waals surface area contributed by atoms with Crippen LogP contribution < -0.4 is 4.90 Å². The van der Waals surface area contributed by atoms with Gasteiger partial charge in [-0.1, -0.05) is 48.5 Å². The summed E-state index contributed by atoms with van der Waals surface area (Å²) in [5.41, 5.74) is -0.0366. The first kappa shape index (κ1) is 33.5. The van der Waals surface area contributed by atoms with Crippen LogP contribution >= 0.6 is 0 Å². The number of nitrogens with zero attached hydrogens (tertiary/aromatic N) is 1. The van der Waals surface area contributed by atoms with Crippen molar-refractivity contribution in [3.63, 3.8) is 0 Å². The number of aromatic hydroxyl groups is 1. The molecule has 2 saturated heterocycles. The van der Waals surface area contributed by atoms with E-state index in [0.29, 0.717) is 35.4 Å². The number of phenolic OH excluding ortho intramolecular Hbond substituents is 1. The third kappa shape index (κ3) is 6.38. The number of para-hydroxylation sites is 1. The van der Waals surface area contributed by atoms with E-state index in [-0.39, 0.29) is 31.5 Å². The molecule has 3 aromatic rings. The van der Waals surface area contributed by atoms with E-state index >= 15 is 0 Å². The summed E-state index contributed by atoms with van der Waals surface area (Å²) in [6.07, 6.45) is -7.88. The van der Waals surface area contributed by atoms with Gasteiger partial charge in [-0.25, -0.2) is 4.90 Å². The normalized spacial score (nSPS) is 23.1. The molecule has 2 aliphatic heterocycles. The molecule has 3 aromatic carbocycles. The smallest absolute Gasteiger partial charge is 0.416 e. The van der Waals surface area contributed by atoms with Crippen molar-refractivity contribution in [2.45, 2.75) is 37.7 Å². The van der Waals surface area contributed by atoms with Crippen molar-refractivity contribution in [3.8, 4) is 5.75 Å². The topological polar surface area (TPSA) is 76.1 Å². The number of fused-ring (bicyclic) bond motifs is 3. The molecule has 1 aliphatic carbocycles. The molecule has 1 N–H and O–H groups in total. The van der Waals surface area contributed by atoms with Crippen LogP contribution in [0, 0.1) is 17.8 Å². The Kier molecular flexibility index (Phi) is 8.99. The van der Waals surface area contributed by atoms with Gasteiger partial charge in [0.15, 0.2) is 0 Å². The summed E-state index contributed by atoms with van der Waals surface area (Å²) < 4.78 is 93.5. The molecule has 6 nitrogen and oxygen atoms in total. The number of allylic oxidation sites excluding steroid dienone is 1. The monoisotopic (exact) mass is 671 g/mol. The van der Waals surface area contributed by atoms with Crippen LogP contribution in [0.4, 0.5) is 32.0 Å². The summed E-state index contributed by atoms with van der Waals surface area (Å²) in [6, 6.07) is 17.3. The fraction of sp³-hybridized carbons (Fsp3) is 0.333. The number of imide groups is 1. The van der Waals surface area contributed by atoms with Crippen LogP contribution in [-0.4, -0.2) is 43.3 Å². The van der Waals surface area contributed by atoms with E-state index in [9.17, 15) is 41.0 Å². The Morgan fingerprint density at radius 1 is 0.917 bits per heavy atom. The number of phenols is 1. The summed E-state index contributed by atoms with van der Waals surface area (Å²) in [5.74, 6) is -4.23. The second kappa shape index (κ2) is 12.9. The maximum atomic E-state index is 13.9. The van der Waals surface area contributed by atoms with Crippen LogP contribution in [0.1, 0.15) is 41.5 Å². The molecule has 2 amide bonds. The minimum absolute atomic E-state index is 0.0371. The van der Waals surface area contributed by atoms with Crippen molar-refractivity contribution in [1.29, 1.82) is 0 Å². The number of methoxy groups -OCH3 is 1. The van der Waals surface area contributed by atoms with Gasteiger partial charge in [0, 0.05) is 18.6 Å². The van der Waals surface area contributed by atoms with Crippen molar-refractivity contribution >= 4 is 29.2 Å². The van der Waals surface area contributed by atoms with Gasteiger partial charge in [-0.2, -0.15) is 26.3 Å². The molecule has 0 bridgehead atoms. The number of rotatable bonds is 8. The molecule has 0 spiro atoms. The molecular formula is C36H31F6NO5. The quantitative estimate of drug-likeness (QED) is 0.114. The number of halogens is 6. The highest BCUT2D eigenvalue weighted by Crippen LogP contribution is 2.51. The van der Waals surface area contributed by atoms with Crippen molar-refractivity contribution in [2.75, 3.05) is 25.2 Å². The largest absolute Gasteiger partial charge is 0.507 e. The molecule has 3 aliphatic rings. The lowest BCUT2D eigenvalue weighted by atomic mass is 9.69. The Morgan fingerprint density at radius 3 is 2.19 bits per heavy atom. The summed E-state index contributed by atoms with van der Waals surface area (Å²) in [5, 5.41) is 10.4. The fourth-order valence-corrected chi connectivity index (χ4v) is 7.14. The average molecular weight is 672 g/mol. The van der Waals surface area contributed by atoms with Gasteiger partial charge in [-0.3, -0.25) is 9.59 Å². The fourth-order valence-electron chi connectivity index (χ4n) is 7.14. The molecule has 2 heterocycles. The number of amides is 2. The van der Waals surface area contributed by atoms with Crippen molar-refractivity contribution < 1.29 is 50.5 Å². The molecule has 0 aromatic heterocycles. The summed E-state index contributed by atoms with van der Waals surface area (Å²) >= 11 is 0. The van der Waals surface area contributed by atoms with E-state index in [4.69, 9.17) is 9.47 Å². The first-order chi connectivity index (χ1) is 22.8. The lowest BCUT2D eigenvalue weighted by Crippen LogP contribution is -2.35. The predicted octanol–water partition coefficient (Wildman–Crippen LogP) is 7.92. The Balaban J connectivity index is 1.31. The Morgan fingerprint density at radius 2 is 1.56 bits per heavy atom. The number of benzene rings is 3. The zero-order valence-corrected chi connectivity index (χ0v) is 25.6. The van der Waals surface area contributed by atoms with Crippen LogP contribution in [0.25, 0.3) is 11.6 Å². The van der Waals surface area contributed by atoms with Gasteiger partial charge in [-0.15, -0.1) is 0 Å². The van der Waals surface area contributed by atoms with E-state index < -0.39 is 64.8 Å². The van der Waals surface area contributed by atoms with E-state index in [0.717, 1.165) is 22.3 Å². The van der Waals surface area contributed by atoms with E-state index in [1.54, 1.807) is 18.2 Å². The van der Waals surface area contributed by atoms with Crippen molar-refractivity contribution in [2.24, 2.45) is 17.8 Å². The first-order valence-electron chi connectivity index (χ1n) is 15.3. The predicted molar refractivity (Wildman–Crippen MR) is 164 cm³/mol. The van der Waals surface area contributed by atoms with Crippen LogP contribution in [0.3, 0.4) is 0 Å². The maximum Gasteiger partial charge on any atom is 0.416 e. The van der Waals surface area contributed by atoms with Crippen molar-refractivity contribution in [3.05, 3.63) is 106 Å². The number of hydrogen-bond acceptors (Lipinski definition) is 5. The van der Waals surface area contributed by atoms with Crippen LogP contribution in [0.15, 0.2) is 83.9 Å². The maximum absolute atomic E-state index is 13.9. The van der Waals surface area contributed by atoms with Gasteiger partial charge in [0.25, 0.3) is 0 Å². The summed E-state index contributed by atoms with van der Waals surface area (Å²) in [7, 11) is 1.47. The SMILES string of the molecule is COCC1=C2[C@@H](CC/C(=C/c3ccccc3O)c3ccccc3)OC[C@@H]2[C@@H]2C(=O)N(c3cc(C(F)(F)F)cc(C(F)(F)F)c3)C(=O)[C@@H]2C1. The van der Waals surface area contributed by atoms with E-state index in [2.05, 4.69) is 0 Å². The van der Waals surface area contributed by atoms with E-state index in [1.165, 1.54) is 7.11 Å². The third-order valence-electron chi connectivity index (χ3n) is 9.24. The van der Waals surface area contributed by atoms with Gasteiger partial charge in [-0.05, 0) is 71.9 Å². The Labute approximate surface area is 272 Å². The average Bonchev–Trinajstić information content (AvgIpc) is 3.57. The van der Waals surface area contributed by atoms with Crippen molar-refractivity contribution in [1.82, 2.24) is 0 Å². The summed E-state index contributed by atoms with van der Waals surface area (Å²) in [6.45, 7) is 0.152. The van der Waals surface area contributed by atoms with Gasteiger partial charge in [0.1, 0.15) is 5.75 Å². The molecule has 0 saturated carbocycles. The zero-order chi connectivity index (χ0) is 34.4. The number of anilines is 1. The number of alkyl halides is 6. The molecule has 6 rings (SSSR count). The molecule has 0 unspecified atom stereocenters. The standard InChI is InChI=1S/C36H31F6NO5/c1-47-18-23-14-27-32(34(46)43(33(27)45)26-16-24(35(37,38)39)15-25(17-26)36(40,41)42)28-19-48-30(31(23)28)12-11-21(20-7-3-2-4-8-20)13-22-9-5-6-10-29(22)44/h2-10,13,15-17,27-28,30,32,44H,11-12,14,18-19H2,1H3/b21-13-/t27-,28+,30-,32-/m1/s1. The minimum atomic E-state index is -5.15. The molecule has 4 atom stereocenters. The Hall–Kier alpha value is -4.42. The zero-order valence-electron chi connectivity index (χ0n) is 25.6. The number of ether oxygens (including phenoxy) is 2. The van der Waals surface area contributed by atoms with E-state index in [1.807, 2.05) is 42.5 Å². The first-order valence-corrected chi connectivity index (χ1v) is 15.3. The third-order valence-corrected chi connectivity index (χ3v) is 9.24. The molecule has 0 radical (unpaired) electrons. The minimum Gasteiger partial charge on any atom is -0.507 e. The van der Waals surface area contributed by atoms with Crippen LogP contribution in [0.5, 0.6) is 5.75 Å². The van der Waals surface area contributed by atoms with Gasteiger partial charge in [0.05, 0.1) is 48.0 Å². The second-order valence-corrected chi connectivity index (χ2v) is 12.2. The summed E-state index contributed by atoms with van der Waals surface area (Å²) in [4.78, 5) is 28.0. The molecular weight excluding hydrogens is 640 g/mol. The number of carbonyl (C=O) groups is 2. The van der Waals surface area contributed by atoms with Gasteiger partial charge in [0.2, 0.25) is 11.8 Å². The molecule has 48 heavy (non-hydrogen) atoms. The Bertz CT molecular complexity index is 1750. The van der Waals surface area contributed by atoms with Gasteiger partial charge >= 0.3 is 12.4 Å².